The minimum absolute atomic E-state index is 0.141. The van der Waals surface area contributed by atoms with E-state index in [2.05, 4.69) is 5.32 Å². The molecule has 34 heavy (non-hydrogen) atoms. The van der Waals surface area contributed by atoms with E-state index < -0.39 is 5.97 Å². The maximum Gasteiger partial charge on any atom is 0.351 e. The second kappa shape index (κ2) is 10.0. The SMILES string of the molecule is CCCOc1c(C(=O)OC)sc2ccc(NC(=O)CCCN3C(=O)c4ccccc4C3=O)cc12. The summed E-state index contributed by atoms with van der Waals surface area (Å²) >= 11 is 1.28. The van der Waals surface area contributed by atoms with Crippen LogP contribution in [0.2, 0.25) is 0 Å². The highest BCUT2D eigenvalue weighted by atomic mass is 32.1. The van der Waals surface area contributed by atoms with Gasteiger partial charge in [0.15, 0.2) is 10.6 Å². The fourth-order valence-electron chi connectivity index (χ4n) is 3.79. The van der Waals surface area contributed by atoms with Gasteiger partial charge in [0, 0.05) is 28.7 Å². The highest BCUT2D eigenvalue weighted by Gasteiger charge is 2.34. The number of esters is 1. The molecular weight excluding hydrogens is 456 g/mol. The van der Waals surface area contributed by atoms with Crippen molar-refractivity contribution in [3.05, 3.63) is 58.5 Å². The van der Waals surface area contributed by atoms with Gasteiger partial charge in [0.2, 0.25) is 5.91 Å². The van der Waals surface area contributed by atoms with Crippen molar-refractivity contribution < 1.29 is 28.7 Å². The number of amides is 3. The number of nitrogens with zero attached hydrogens (tertiary/aromatic N) is 1. The summed E-state index contributed by atoms with van der Waals surface area (Å²) in [5.41, 5.74) is 1.36. The third-order valence-corrected chi connectivity index (χ3v) is 6.54. The Morgan fingerprint density at radius 2 is 1.76 bits per heavy atom. The van der Waals surface area contributed by atoms with Crippen molar-refractivity contribution in [3.8, 4) is 5.75 Å². The average Bonchev–Trinajstić information content (AvgIpc) is 3.32. The van der Waals surface area contributed by atoms with Crippen molar-refractivity contribution in [1.82, 2.24) is 4.90 Å². The third-order valence-electron chi connectivity index (χ3n) is 5.41. The normalized spacial score (nSPS) is 12.7. The molecular formula is C25H24N2O6S. The van der Waals surface area contributed by atoms with Crippen molar-refractivity contribution in [2.75, 3.05) is 25.6 Å². The summed E-state index contributed by atoms with van der Waals surface area (Å²) in [6.45, 7) is 2.59. The number of ether oxygens (including phenoxy) is 2. The number of hydrogen-bond acceptors (Lipinski definition) is 7. The second-order valence-electron chi connectivity index (χ2n) is 7.77. The first-order valence-corrected chi connectivity index (χ1v) is 11.8. The molecule has 0 atom stereocenters. The average molecular weight is 481 g/mol. The van der Waals surface area contributed by atoms with E-state index >= 15 is 0 Å². The molecule has 0 aliphatic carbocycles. The van der Waals surface area contributed by atoms with Crippen LogP contribution in [0.25, 0.3) is 10.1 Å². The maximum absolute atomic E-state index is 12.5. The van der Waals surface area contributed by atoms with E-state index in [0.29, 0.717) is 40.5 Å². The number of hydrogen-bond donors (Lipinski definition) is 1. The molecule has 0 unspecified atom stereocenters. The van der Waals surface area contributed by atoms with Crippen LogP contribution in [0.3, 0.4) is 0 Å². The summed E-state index contributed by atoms with van der Waals surface area (Å²) < 4.78 is 11.5. The molecule has 8 nitrogen and oxygen atoms in total. The fourth-order valence-corrected chi connectivity index (χ4v) is 4.84. The fraction of sp³-hybridized carbons (Fsp3) is 0.280. The number of rotatable bonds is 9. The molecule has 0 radical (unpaired) electrons. The molecule has 0 spiro atoms. The van der Waals surface area contributed by atoms with Crippen molar-refractivity contribution in [1.29, 1.82) is 0 Å². The maximum atomic E-state index is 12.5. The molecule has 0 saturated carbocycles. The van der Waals surface area contributed by atoms with E-state index in [1.54, 1.807) is 36.4 Å². The predicted octanol–water partition coefficient (Wildman–Crippen LogP) is 4.49. The number of carbonyl (C=O) groups excluding carboxylic acids is 4. The van der Waals surface area contributed by atoms with Gasteiger partial charge in [-0.3, -0.25) is 19.3 Å². The first kappa shape index (κ1) is 23.4. The molecule has 0 saturated heterocycles. The Morgan fingerprint density at radius 1 is 1.06 bits per heavy atom. The lowest BCUT2D eigenvalue weighted by Gasteiger charge is -2.13. The van der Waals surface area contributed by atoms with Crippen LogP contribution >= 0.6 is 11.3 Å². The minimum atomic E-state index is -0.467. The molecule has 9 heteroatoms. The van der Waals surface area contributed by atoms with E-state index in [0.717, 1.165) is 16.5 Å². The molecule has 1 aliphatic heterocycles. The van der Waals surface area contributed by atoms with Crippen LogP contribution in [0.5, 0.6) is 5.75 Å². The van der Waals surface area contributed by atoms with Crippen LogP contribution in [-0.4, -0.2) is 48.9 Å². The van der Waals surface area contributed by atoms with Gasteiger partial charge in [-0.1, -0.05) is 19.1 Å². The van der Waals surface area contributed by atoms with Gasteiger partial charge in [-0.05, 0) is 43.2 Å². The molecule has 176 valence electrons. The van der Waals surface area contributed by atoms with Gasteiger partial charge in [-0.15, -0.1) is 11.3 Å². The zero-order valence-corrected chi connectivity index (χ0v) is 19.7. The lowest BCUT2D eigenvalue weighted by Crippen LogP contribution is -2.31. The number of anilines is 1. The van der Waals surface area contributed by atoms with Crippen LogP contribution in [0.15, 0.2) is 42.5 Å². The number of thiophene rings is 1. The third kappa shape index (κ3) is 4.51. The zero-order valence-electron chi connectivity index (χ0n) is 18.9. The van der Waals surface area contributed by atoms with Crippen molar-refractivity contribution >= 4 is 50.8 Å². The van der Waals surface area contributed by atoms with Gasteiger partial charge < -0.3 is 14.8 Å². The summed E-state index contributed by atoms with van der Waals surface area (Å²) in [5, 5.41) is 3.57. The molecule has 1 N–H and O–H groups in total. The van der Waals surface area contributed by atoms with Crippen LogP contribution in [0.1, 0.15) is 56.6 Å². The smallest absolute Gasteiger partial charge is 0.351 e. The van der Waals surface area contributed by atoms with Gasteiger partial charge in [-0.2, -0.15) is 0 Å². The first-order chi connectivity index (χ1) is 16.4. The summed E-state index contributed by atoms with van der Waals surface area (Å²) in [7, 11) is 1.32. The number of benzene rings is 2. The summed E-state index contributed by atoms with van der Waals surface area (Å²) in [6, 6.07) is 12.0. The summed E-state index contributed by atoms with van der Waals surface area (Å²) in [6.07, 6.45) is 1.26. The number of nitrogens with one attached hydrogen (secondary N) is 1. The van der Waals surface area contributed by atoms with Gasteiger partial charge in [0.05, 0.1) is 24.8 Å². The Morgan fingerprint density at radius 3 is 2.41 bits per heavy atom. The number of fused-ring (bicyclic) bond motifs is 2. The monoisotopic (exact) mass is 480 g/mol. The topological polar surface area (TPSA) is 102 Å². The Hall–Kier alpha value is -3.72. The van der Waals surface area contributed by atoms with E-state index in [1.807, 2.05) is 13.0 Å². The van der Waals surface area contributed by atoms with Crippen LogP contribution in [-0.2, 0) is 9.53 Å². The Labute approximate surface area is 200 Å². The van der Waals surface area contributed by atoms with Crippen molar-refractivity contribution in [2.24, 2.45) is 0 Å². The Bertz CT molecular complexity index is 1250. The van der Waals surface area contributed by atoms with E-state index in [4.69, 9.17) is 9.47 Å². The second-order valence-corrected chi connectivity index (χ2v) is 8.82. The van der Waals surface area contributed by atoms with Gasteiger partial charge in [-0.25, -0.2) is 4.79 Å². The highest BCUT2D eigenvalue weighted by Crippen LogP contribution is 2.39. The van der Waals surface area contributed by atoms with Gasteiger partial charge >= 0.3 is 5.97 Å². The van der Waals surface area contributed by atoms with Gasteiger partial charge in [0.25, 0.3) is 11.8 Å². The molecule has 0 fully saturated rings. The zero-order chi connectivity index (χ0) is 24.2. The van der Waals surface area contributed by atoms with E-state index in [1.165, 1.54) is 23.3 Å². The van der Waals surface area contributed by atoms with Crippen molar-refractivity contribution in [3.63, 3.8) is 0 Å². The lowest BCUT2D eigenvalue weighted by atomic mass is 10.1. The molecule has 0 bridgehead atoms. The molecule has 3 aromatic rings. The number of imide groups is 1. The predicted molar refractivity (Wildman–Crippen MR) is 129 cm³/mol. The van der Waals surface area contributed by atoms with Crippen LogP contribution < -0.4 is 10.1 Å². The van der Waals surface area contributed by atoms with Crippen LogP contribution in [0.4, 0.5) is 5.69 Å². The Kier molecular flexibility index (Phi) is 6.93. The first-order valence-electron chi connectivity index (χ1n) is 11.0. The largest absolute Gasteiger partial charge is 0.491 e. The summed E-state index contributed by atoms with van der Waals surface area (Å²) in [5.74, 6) is -0.910. The quantitative estimate of drug-likeness (QED) is 0.358. The minimum Gasteiger partial charge on any atom is -0.491 e. The molecule has 3 amide bonds. The van der Waals surface area contributed by atoms with Gasteiger partial charge in [0.1, 0.15) is 0 Å². The highest BCUT2D eigenvalue weighted by molar-refractivity contribution is 7.21. The Balaban J connectivity index is 1.40. The molecule has 1 aliphatic rings. The molecule has 2 aromatic carbocycles. The van der Waals surface area contributed by atoms with E-state index in [-0.39, 0.29) is 30.7 Å². The standard InChI is InChI=1S/C25H24N2O6S/c1-3-13-33-21-18-14-15(10-11-19(18)34-22(21)25(31)32-2)26-20(28)9-6-12-27-23(29)16-7-4-5-8-17(16)24(27)30/h4-5,7-8,10-11,14H,3,6,9,12-13H2,1-2H3,(H,26,28). The lowest BCUT2D eigenvalue weighted by molar-refractivity contribution is -0.116. The number of methoxy groups -OCH3 is 1. The van der Waals surface area contributed by atoms with Crippen molar-refractivity contribution in [2.45, 2.75) is 26.2 Å². The molecule has 1 aromatic heterocycles. The molecule has 4 rings (SSSR count). The number of carbonyl (C=O) groups is 4. The van der Waals surface area contributed by atoms with E-state index in [9.17, 15) is 19.2 Å². The summed E-state index contributed by atoms with van der Waals surface area (Å²) in [4.78, 5) is 51.1. The van der Waals surface area contributed by atoms with Crippen LogP contribution in [0, 0.1) is 0 Å². The molecule has 2 heterocycles.